The summed E-state index contributed by atoms with van der Waals surface area (Å²) in [5.74, 6) is -0.210. The largest absolute Gasteiger partial charge is 0.337 e. The average molecular weight is 394 g/mol. The van der Waals surface area contributed by atoms with Crippen LogP contribution < -0.4 is 10.0 Å². The predicted octanol–water partition coefficient (Wildman–Crippen LogP) is 4.31. The molecule has 28 heavy (non-hydrogen) atoms. The molecule has 140 valence electrons. The number of rotatable bonds is 5. The molecule has 8 heteroatoms. The molecule has 1 heterocycles. The van der Waals surface area contributed by atoms with Gasteiger partial charge in [0.05, 0.1) is 15.9 Å². The van der Waals surface area contributed by atoms with Crippen LogP contribution in [0.2, 0.25) is 0 Å². The second-order valence-corrected chi connectivity index (χ2v) is 7.64. The molecule has 0 amide bonds. The summed E-state index contributed by atoms with van der Waals surface area (Å²) in [7, 11) is -3.97. The summed E-state index contributed by atoms with van der Waals surface area (Å²) >= 11 is 0. The molecule has 0 radical (unpaired) electrons. The van der Waals surface area contributed by atoms with Crippen molar-refractivity contribution in [1.82, 2.24) is 9.97 Å². The van der Waals surface area contributed by atoms with Crippen LogP contribution in [0.3, 0.4) is 0 Å². The number of hydrogen-bond donors (Lipinski definition) is 2. The van der Waals surface area contributed by atoms with Crippen LogP contribution in [0.25, 0.3) is 11.0 Å². The van der Waals surface area contributed by atoms with E-state index in [-0.39, 0.29) is 16.5 Å². The lowest BCUT2D eigenvalue weighted by molar-refractivity contribution is 0.599. The van der Waals surface area contributed by atoms with Crippen molar-refractivity contribution in [3.8, 4) is 0 Å². The number of nitrogens with one attached hydrogen (secondary N) is 2. The number of para-hydroxylation sites is 3. The van der Waals surface area contributed by atoms with E-state index in [0.717, 1.165) is 17.8 Å². The van der Waals surface area contributed by atoms with Crippen LogP contribution in [0, 0.1) is 5.82 Å². The number of aromatic nitrogens is 2. The number of nitrogens with zero attached hydrogens (tertiary/aromatic N) is 2. The highest BCUT2D eigenvalue weighted by atomic mass is 32.2. The molecule has 0 bridgehead atoms. The molecule has 0 atom stereocenters. The van der Waals surface area contributed by atoms with E-state index >= 15 is 0 Å². The van der Waals surface area contributed by atoms with E-state index in [1.807, 2.05) is 36.4 Å². The summed E-state index contributed by atoms with van der Waals surface area (Å²) in [5.41, 5.74) is 1.89. The van der Waals surface area contributed by atoms with Crippen molar-refractivity contribution in [3.63, 3.8) is 0 Å². The Bertz CT molecular complexity index is 1230. The Morgan fingerprint density at radius 2 is 1.29 bits per heavy atom. The van der Waals surface area contributed by atoms with Gasteiger partial charge in [-0.2, -0.15) is 0 Å². The summed E-state index contributed by atoms with van der Waals surface area (Å²) in [4.78, 5) is 8.84. The Balaban J connectivity index is 1.77. The van der Waals surface area contributed by atoms with Gasteiger partial charge in [-0.1, -0.05) is 30.3 Å². The molecule has 6 nitrogen and oxygen atoms in total. The second-order valence-electron chi connectivity index (χ2n) is 5.96. The van der Waals surface area contributed by atoms with Gasteiger partial charge in [-0.25, -0.2) is 22.8 Å². The molecule has 4 rings (SSSR count). The summed E-state index contributed by atoms with van der Waals surface area (Å²) in [6.07, 6.45) is 0. The lowest BCUT2D eigenvalue weighted by Gasteiger charge is -2.14. The summed E-state index contributed by atoms with van der Waals surface area (Å²) in [5, 5.41) is 3.09. The number of hydrogen-bond acceptors (Lipinski definition) is 5. The van der Waals surface area contributed by atoms with Gasteiger partial charge in [-0.3, -0.25) is 4.72 Å². The van der Waals surface area contributed by atoms with Crippen molar-refractivity contribution >= 4 is 38.4 Å². The third-order valence-electron chi connectivity index (χ3n) is 3.96. The first-order chi connectivity index (χ1) is 13.5. The fourth-order valence-electron chi connectivity index (χ4n) is 2.62. The van der Waals surface area contributed by atoms with E-state index in [9.17, 15) is 12.8 Å². The Labute approximate surface area is 161 Å². The van der Waals surface area contributed by atoms with Crippen molar-refractivity contribution in [2.45, 2.75) is 4.90 Å². The molecular weight excluding hydrogens is 379 g/mol. The Kier molecular flexibility index (Phi) is 4.62. The van der Waals surface area contributed by atoms with E-state index in [0.29, 0.717) is 11.0 Å². The van der Waals surface area contributed by atoms with Crippen molar-refractivity contribution in [1.29, 1.82) is 0 Å². The van der Waals surface area contributed by atoms with Gasteiger partial charge in [-0.05, 0) is 48.5 Å². The van der Waals surface area contributed by atoms with Crippen LogP contribution in [0.4, 0.5) is 21.7 Å². The maximum atomic E-state index is 13.1. The van der Waals surface area contributed by atoms with Crippen molar-refractivity contribution in [2.24, 2.45) is 0 Å². The highest BCUT2D eigenvalue weighted by Gasteiger charge is 2.19. The van der Waals surface area contributed by atoms with Gasteiger partial charge in [0.1, 0.15) is 5.82 Å². The lowest BCUT2D eigenvalue weighted by Crippen LogP contribution is -2.16. The third-order valence-corrected chi connectivity index (χ3v) is 5.32. The summed E-state index contributed by atoms with van der Waals surface area (Å²) in [6, 6.07) is 20.9. The number of halogens is 1. The van der Waals surface area contributed by atoms with E-state index < -0.39 is 15.8 Å². The van der Waals surface area contributed by atoms with E-state index in [4.69, 9.17) is 0 Å². The summed E-state index contributed by atoms with van der Waals surface area (Å²) < 4.78 is 41.0. The van der Waals surface area contributed by atoms with Gasteiger partial charge in [0.25, 0.3) is 10.0 Å². The topological polar surface area (TPSA) is 84.0 Å². The quantitative estimate of drug-likeness (QED) is 0.527. The molecule has 0 aliphatic carbocycles. The Morgan fingerprint density at radius 3 is 1.93 bits per heavy atom. The average Bonchev–Trinajstić information content (AvgIpc) is 2.69. The molecular formula is C20H15FN4O2S. The van der Waals surface area contributed by atoms with Crippen molar-refractivity contribution < 1.29 is 12.8 Å². The molecule has 4 aromatic rings. The van der Waals surface area contributed by atoms with E-state index in [2.05, 4.69) is 20.0 Å². The van der Waals surface area contributed by atoms with Crippen molar-refractivity contribution in [3.05, 3.63) is 84.7 Å². The normalized spacial score (nSPS) is 11.3. The molecule has 2 N–H and O–H groups in total. The summed E-state index contributed by atoms with van der Waals surface area (Å²) in [6.45, 7) is 0. The van der Waals surface area contributed by atoms with Crippen molar-refractivity contribution in [2.75, 3.05) is 10.0 Å². The van der Waals surface area contributed by atoms with Crippen LogP contribution in [0.1, 0.15) is 0 Å². The highest BCUT2D eigenvalue weighted by molar-refractivity contribution is 7.92. The number of benzene rings is 3. The van der Waals surface area contributed by atoms with Crippen LogP contribution in [0.15, 0.2) is 83.8 Å². The fraction of sp³-hybridized carbons (Fsp3) is 0. The number of anilines is 3. The standard InChI is InChI=1S/C20H15FN4O2S/c21-14-10-12-16(13-11-14)28(26,27)25-20-19(22-15-6-2-1-3-7-15)23-17-8-4-5-9-18(17)24-20/h1-13H,(H,22,23)(H,24,25). The molecule has 0 fully saturated rings. The first kappa shape index (κ1) is 17.9. The maximum absolute atomic E-state index is 13.1. The van der Waals surface area contributed by atoms with Crippen LogP contribution in [0.5, 0.6) is 0 Å². The second kappa shape index (κ2) is 7.24. The zero-order valence-corrected chi connectivity index (χ0v) is 15.3. The Morgan fingerprint density at radius 1 is 0.714 bits per heavy atom. The van der Waals surface area contributed by atoms with E-state index in [1.54, 1.807) is 18.2 Å². The number of fused-ring (bicyclic) bond motifs is 1. The molecule has 3 aromatic carbocycles. The van der Waals surface area contributed by atoms with Gasteiger partial charge in [-0.15, -0.1) is 0 Å². The first-order valence-electron chi connectivity index (χ1n) is 8.38. The fourth-order valence-corrected chi connectivity index (χ4v) is 3.63. The van der Waals surface area contributed by atoms with Gasteiger partial charge >= 0.3 is 0 Å². The number of sulfonamides is 1. The molecule has 0 unspecified atom stereocenters. The zero-order valence-electron chi connectivity index (χ0n) is 14.5. The first-order valence-corrected chi connectivity index (χ1v) is 9.87. The molecule has 0 saturated heterocycles. The minimum absolute atomic E-state index is 0.0480. The Hall–Kier alpha value is -3.52. The molecule has 0 aliphatic heterocycles. The molecule has 0 aliphatic rings. The lowest BCUT2D eigenvalue weighted by atomic mass is 10.3. The molecule has 0 saturated carbocycles. The smallest absolute Gasteiger partial charge is 0.263 e. The third kappa shape index (κ3) is 3.77. The van der Waals surface area contributed by atoms with Gasteiger partial charge in [0.15, 0.2) is 11.6 Å². The molecule has 1 aromatic heterocycles. The van der Waals surface area contributed by atoms with Crippen LogP contribution in [-0.4, -0.2) is 18.4 Å². The van der Waals surface area contributed by atoms with Gasteiger partial charge in [0.2, 0.25) is 0 Å². The molecule has 0 spiro atoms. The van der Waals surface area contributed by atoms with Gasteiger partial charge in [0, 0.05) is 5.69 Å². The minimum Gasteiger partial charge on any atom is -0.337 e. The monoisotopic (exact) mass is 394 g/mol. The van der Waals surface area contributed by atoms with Crippen LogP contribution >= 0.6 is 0 Å². The minimum atomic E-state index is -3.97. The van der Waals surface area contributed by atoms with Gasteiger partial charge < -0.3 is 5.32 Å². The zero-order chi connectivity index (χ0) is 19.6. The highest BCUT2D eigenvalue weighted by Crippen LogP contribution is 2.27. The van der Waals surface area contributed by atoms with Crippen LogP contribution in [-0.2, 0) is 10.0 Å². The van der Waals surface area contributed by atoms with E-state index in [1.165, 1.54) is 12.1 Å². The SMILES string of the molecule is O=S(=O)(Nc1nc2ccccc2nc1Nc1ccccc1)c1ccc(F)cc1. The maximum Gasteiger partial charge on any atom is 0.263 e. The predicted molar refractivity (Wildman–Crippen MR) is 106 cm³/mol.